The smallest absolute Gasteiger partial charge is 0.409 e. The molecule has 1 aromatic carbocycles. The molecule has 0 saturated carbocycles. The van der Waals surface area contributed by atoms with Gasteiger partial charge in [0.2, 0.25) is 5.88 Å². The average molecular weight is 458 g/mol. The average Bonchev–Trinajstić information content (AvgIpc) is 3.23. The van der Waals surface area contributed by atoms with Gasteiger partial charge in [-0.15, -0.1) is 0 Å². The van der Waals surface area contributed by atoms with Gasteiger partial charge in [0.1, 0.15) is 17.8 Å². The standard InChI is InChI=1S/C22H27N5O4S/c1-15(2)13-30-22(28)26-10-8-17(9-11-26)31-21-19-12-25-27(20(19)23-14-24-21)16-4-6-18(7-5-16)32(3)29/h4-7,12,14-15,17H,8-11,13H2,1-3H3. The zero-order valence-corrected chi connectivity index (χ0v) is 19.2. The van der Waals surface area contributed by atoms with E-state index in [9.17, 15) is 9.00 Å². The van der Waals surface area contributed by atoms with E-state index < -0.39 is 10.8 Å². The van der Waals surface area contributed by atoms with Gasteiger partial charge in [0.25, 0.3) is 0 Å². The highest BCUT2D eigenvalue weighted by atomic mass is 32.2. The Bertz CT molecular complexity index is 1110. The maximum absolute atomic E-state index is 12.2. The molecule has 10 heteroatoms. The number of benzene rings is 1. The molecule has 4 rings (SSSR count). The Labute approximate surface area is 189 Å². The number of nitrogens with zero attached hydrogens (tertiary/aromatic N) is 5. The molecule has 1 amide bonds. The minimum Gasteiger partial charge on any atom is -0.474 e. The van der Waals surface area contributed by atoms with Crippen LogP contribution >= 0.6 is 0 Å². The van der Waals surface area contributed by atoms with Gasteiger partial charge < -0.3 is 14.4 Å². The number of rotatable bonds is 6. The number of ether oxygens (including phenoxy) is 2. The Morgan fingerprint density at radius 1 is 1.19 bits per heavy atom. The van der Waals surface area contributed by atoms with Crippen molar-refractivity contribution < 1.29 is 18.5 Å². The van der Waals surface area contributed by atoms with Crippen molar-refractivity contribution in [1.82, 2.24) is 24.6 Å². The molecule has 2 aromatic heterocycles. The molecule has 0 aliphatic carbocycles. The second-order valence-corrected chi connectivity index (χ2v) is 9.58. The molecule has 1 saturated heterocycles. The van der Waals surface area contributed by atoms with E-state index in [1.165, 1.54) is 6.33 Å². The summed E-state index contributed by atoms with van der Waals surface area (Å²) in [6.07, 6.45) is 5.88. The monoisotopic (exact) mass is 457 g/mol. The zero-order chi connectivity index (χ0) is 22.7. The minimum atomic E-state index is -1.04. The molecule has 0 spiro atoms. The predicted molar refractivity (Wildman–Crippen MR) is 120 cm³/mol. The van der Waals surface area contributed by atoms with Crippen LogP contribution in [-0.4, -0.2) is 67.0 Å². The molecule has 1 fully saturated rings. The van der Waals surface area contributed by atoms with Gasteiger partial charge in [0.05, 0.1) is 18.5 Å². The number of amides is 1. The topological polar surface area (TPSA) is 99.4 Å². The molecule has 3 heterocycles. The first-order valence-electron chi connectivity index (χ1n) is 10.6. The number of carbonyl (C=O) groups is 1. The minimum absolute atomic E-state index is 0.0515. The molecule has 32 heavy (non-hydrogen) atoms. The van der Waals surface area contributed by atoms with Crippen molar-refractivity contribution in [3.05, 3.63) is 36.8 Å². The number of hydrogen-bond acceptors (Lipinski definition) is 7. The lowest BCUT2D eigenvalue weighted by molar-refractivity contribution is 0.0610. The van der Waals surface area contributed by atoms with Gasteiger partial charge in [0.15, 0.2) is 5.65 Å². The maximum atomic E-state index is 12.2. The summed E-state index contributed by atoms with van der Waals surface area (Å²) in [5.74, 6) is 0.794. The summed E-state index contributed by atoms with van der Waals surface area (Å²) in [4.78, 5) is 23.3. The molecule has 0 bridgehead atoms. The second-order valence-electron chi connectivity index (χ2n) is 8.20. The van der Waals surface area contributed by atoms with Crippen molar-refractivity contribution in [1.29, 1.82) is 0 Å². The Morgan fingerprint density at radius 2 is 1.91 bits per heavy atom. The van der Waals surface area contributed by atoms with E-state index in [0.717, 1.165) is 16.0 Å². The van der Waals surface area contributed by atoms with Crippen molar-refractivity contribution in [2.75, 3.05) is 26.0 Å². The second kappa shape index (κ2) is 9.64. The van der Waals surface area contributed by atoms with Gasteiger partial charge in [-0.1, -0.05) is 13.8 Å². The van der Waals surface area contributed by atoms with Crippen LogP contribution in [0.5, 0.6) is 5.88 Å². The van der Waals surface area contributed by atoms with Crippen LogP contribution in [0.25, 0.3) is 16.7 Å². The summed E-state index contributed by atoms with van der Waals surface area (Å²) < 4.78 is 24.8. The van der Waals surface area contributed by atoms with E-state index in [-0.39, 0.29) is 12.2 Å². The lowest BCUT2D eigenvalue weighted by atomic mass is 10.1. The first-order chi connectivity index (χ1) is 15.4. The third-order valence-corrected chi connectivity index (χ3v) is 6.20. The van der Waals surface area contributed by atoms with Gasteiger partial charge >= 0.3 is 6.09 Å². The van der Waals surface area contributed by atoms with Crippen molar-refractivity contribution >= 4 is 27.9 Å². The number of aromatic nitrogens is 4. The van der Waals surface area contributed by atoms with Crippen LogP contribution in [0.1, 0.15) is 26.7 Å². The molecule has 3 aromatic rings. The molecule has 0 radical (unpaired) electrons. The number of carbonyl (C=O) groups excluding carboxylic acids is 1. The van der Waals surface area contributed by atoms with Gasteiger partial charge in [-0.2, -0.15) is 5.10 Å². The molecule has 1 unspecified atom stereocenters. The van der Waals surface area contributed by atoms with Gasteiger partial charge in [0, 0.05) is 47.9 Å². The molecular weight excluding hydrogens is 430 g/mol. The summed E-state index contributed by atoms with van der Waals surface area (Å²) in [6.45, 7) is 5.62. The van der Waals surface area contributed by atoms with Gasteiger partial charge in [-0.3, -0.25) is 4.21 Å². The number of piperidine rings is 1. The highest BCUT2D eigenvalue weighted by molar-refractivity contribution is 7.84. The number of fused-ring (bicyclic) bond motifs is 1. The molecule has 0 N–H and O–H groups in total. The van der Waals surface area contributed by atoms with Crippen molar-refractivity contribution in [2.45, 2.75) is 37.7 Å². The molecular formula is C22H27N5O4S. The lowest BCUT2D eigenvalue weighted by Crippen LogP contribution is -2.42. The SMILES string of the molecule is CC(C)COC(=O)N1CCC(Oc2ncnc3c2cnn3-c2ccc(S(C)=O)cc2)CC1. The molecule has 9 nitrogen and oxygen atoms in total. The highest BCUT2D eigenvalue weighted by Crippen LogP contribution is 2.26. The summed E-state index contributed by atoms with van der Waals surface area (Å²) in [5, 5.41) is 5.17. The van der Waals surface area contributed by atoms with E-state index in [0.29, 0.717) is 50.0 Å². The van der Waals surface area contributed by atoms with Gasteiger partial charge in [-0.25, -0.2) is 19.4 Å². The first kappa shape index (κ1) is 22.2. The Morgan fingerprint density at radius 3 is 2.56 bits per heavy atom. The molecule has 1 aliphatic heterocycles. The summed E-state index contributed by atoms with van der Waals surface area (Å²) >= 11 is 0. The molecule has 1 aliphatic rings. The lowest BCUT2D eigenvalue weighted by Gasteiger charge is -2.31. The fourth-order valence-electron chi connectivity index (χ4n) is 3.53. The molecule has 1 atom stereocenters. The highest BCUT2D eigenvalue weighted by Gasteiger charge is 2.26. The fourth-order valence-corrected chi connectivity index (χ4v) is 4.05. The van der Waals surface area contributed by atoms with Crippen LogP contribution < -0.4 is 4.74 Å². The quantitative estimate of drug-likeness (QED) is 0.560. The van der Waals surface area contributed by atoms with Crippen LogP contribution in [0, 0.1) is 5.92 Å². The predicted octanol–water partition coefficient (Wildman–Crippen LogP) is 3.19. The number of likely N-dealkylation sites (tertiary alicyclic amines) is 1. The van der Waals surface area contributed by atoms with E-state index in [2.05, 4.69) is 15.1 Å². The van der Waals surface area contributed by atoms with Crippen molar-refractivity contribution in [2.24, 2.45) is 5.92 Å². The van der Waals surface area contributed by atoms with E-state index in [1.54, 1.807) is 22.0 Å². The van der Waals surface area contributed by atoms with Crippen molar-refractivity contribution in [3.8, 4) is 11.6 Å². The first-order valence-corrected chi connectivity index (χ1v) is 12.2. The van der Waals surface area contributed by atoms with Gasteiger partial charge in [-0.05, 0) is 30.2 Å². The van der Waals surface area contributed by atoms with Crippen LogP contribution in [0.2, 0.25) is 0 Å². The van der Waals surface area contributed by atoms with E-state index in [1.807, 2.05) is 38.1 Å². The zero-order valence-electron chi connectivity index (χ0n) is 18.4. The number of hydrogen-bond donors (Lipinski definition) is 0. The Hall–Kier alpha value is -3.01. The normalized spacial score (nSPS) is 15.8. The third kappa shape index (κ3) is 4.90. The Kier molecular flexibility index (Phi) is 6.69. The Balaban J connectivity index is 1.44. The fraction of sp³-hybridized carbons (Fsp3) is 0.455. The maximum Gasteiger partial charge on any atom is 0.409 e. The van der Waals surface area contributed by atoms with Crippen LogP contribution in [0.15, 0.2) is 41.7 Å². The van der Waals surface area contributed by atoms with Crippen molar-refractivity contribution in [3.63, 3.8) is 0 Å². The van der Waals surface area contributed by atoms with Crippen LogP contribution in [0.4, 0.5) is 4.79 Å². The largest absolute Gasteiger partial charge is 0.474 e. The molecule has 170 valence electrons. The van der Waals surface area contributed by atoms with E-state index in [4.69, 9.17) is 9.47 Å². The summed E-state index contributed by atoms with van der Waals surface area (Å²) in [6, 6.07) is 7.36. The van der Waals surface area contributed by atoms with Crippen LogP contribution in [-0.2, 0) is 15.5 Å². The third-order valence-electron chi connectivity index (χ3n) is 5.26. The summed E-state index contributed by atoms with van der Waals surface area (Å²) in [7, 11) is -1.04. The van der Waals surface area contributed by atoms with Crippen LogP contribution in [0.3, 0.4) is 0 Å². The summed E-state index contributed by atoms with van der Waals surface area (Å²) in [5.41, 5.74) is 1.45. The van der Waals surface area contributed by atoms with E-state index >= 15 is 0 Å².